The van der Waals surface area contributed by atoms with Crippen LogP contribution in [0.3, 0.4) is 0 Å². The molecular formula is C19H28O4. The van der Waals surface area contributed by atoms with Crippen molar-refractivity contribution in [1.82, 2.24) is 0 Å². The maximum atomic E-state index is 12.4. The van der Waals surface area contributed by atoms with E-state index in [1.54, 1.807) is 0 Å². The first-order chi connectivity index (χ1) is 10.8. The minimum atomic E-state index is -0.623. The largest absolute Gasteiger partial charge is 0.393 e. The van der Waals surface area contributed by atoms with Gasteiger partial charge in [0.2, 0.25) is 0 Å². The molecule has 4 nitrogen and oxygen atoms in total. The molecule has 0 radical (unpaired) electrons. The van der Waals surface area contributed by atoms with E-state index in [1.165, 1.54) is 5.57 Å². The summed E-state index contributed by atoms with van der Waals surface area (Å²) in [5, 5.41) is 31.4. The van der Waals surface area contributed by atoms with Gasteiger partial charge in [0.05, 0.1) is 18.3 Å². The Morgan fingerprint density at radius 2 is 1.74 bits per heavy atom. The highest BCUT2D eigenvalue weighted by Crippen LogP contribution is 2.63. The van der Waals surface area contributed by atoms with Crippen molar-refractivity contribution in [3.8, 4) is 0 Å². The van der Waals surface area contributed by atoms with E-state index in [1.807, 2.05) is 13.0 Å². The molecule has 4 aliphatic carbocycles. The highest BCUT2D eigenvalue weighted by Gasteiger charge is 2.63. The van der Waals surface area contributed by atoms with Crippen LogP contribution in [0.4, 0.5) is 0 Å². The fourth-order valence-electron chi connectivity index (χ4n) is 6.46. The summed E-state index contributed by atoms with van der Waals surface area (Å²) in [7, 11) is 0. The molecule has 4 aliphatic rings. The molecule has 3 saturated carbocycles. The van der Waals surface area contributed by atoms with Crippen LogP contribution in [0.2, 0.25) is 0 Å². The number of aliphatic hydroxyl groups is 3. The van der Waals surface area contributed by atoms with Crippen LogP contribution in [-0.4, -0.2) is 39.4 Å². The zero-order chi connectivity index (χ0) is 16.6. The van der Waals surface area contributed by atoms with Gasteiger partial charge in [-0.15, -0.1) is 0 Å². The van der Waals surface area contributed by atoms with E-state index < -0.39 is 17.6 Å². The minimum absolute atomic E-state index is 0.00415. The molecule has 3 N–H and O–H groups in total. The van der Waals surface area contributed by atoms with E-state index in [0.717, 1.165) is 25.7 Å². The van der Waals surface area contributed by atoms with Crippen molar-refractivity contribution in [3.05, 3.63) is 11.6 Å². The lowest BCUT2D eigenvalue weighted by molar-refractivity contribution is -0.138. The highest BCUT2D eigenvalue weighted by atomic mass is 16.3. The predicted octanol–water partition coefficient (Wildman–Crippen LogP) is 1.82. The molecule has 3 fully saturated rings. The average Bonchev–Trinajstić information content (AvgIpc) is 2.71. The Bertz CT molecular complexity index is 570. The van der Waals surface area contributed by atoms with E-state index in [0.29, 0.717) is 12.3 Å². The van der Waals surface area contributed by atoms with Gasteiger partial charge in [-0.25, -0.2) is 0 Å². The molecule has 4 heteroatoms. The van der Waals surface area contributed by atoms with Gasteiger partial charge in [-0.05, 0) is 49.4 Å². The summed E-state index contributed by atoms with van der Waals surface area (Å²) in [6.07, 6.45) is 4.77. The van der Waals surface area contributed by atoms with Gasteiger partial charge in [-0.1, -0.05) is 25.5 Å². The quantitative estimate of drug-likeness (QED) is 0.595. The number of hydrogen-bond acceptors (Lipinski definition) is 4. The van der Waals surface area contributed by atoms with Gasteiger partial charge in [0, 0.05) is 17.8 Å². The summed E-state index contributed by atoms with van der Waals surface area (Å²) >= 11 is 0. The van der Waals surface area contributed by atoms with Crippen molar-refractivity contribution in [1.29, 1.82) is 0 Å². The van der Waals surface area contributed by atoms with E-state index in [2.05, 4.69) is 6.92 Å². The summed E-state index contributed by atoms with van der Waals surface area (Å²) in [5.74, 6) is 0.285. The van der Waals surface area contributed by atoms with E-state index >= 15 is 0 Å². The molecular weight excluding hydrogens is 292 g/mol. The monoisotopic (exact) mass is 320 g/mol. The summed E-state index contributed by atoms with van der Waals surface area (Å²) < 4.78 is 0. The number of rotatable bonds is 0. The fraction of sp³-hybridized carbons (Fsp3) is 0.842. The number of carbonyl (C=O) groups excluding carboxylic acids is 1. The van der Waals surface area contributed by atoms with Gasteiger partial charge in [-0.3, -0.25) is 4.79 Å². The van der Waals surface area contributed by atoms with Gasteiger partial charge >= 0.3 is 0 Å². The SMILES string of the molecule is C[C@]12CC[C@H](O)CC1=C[C@@H](O)C1C3[C@@H](O)CC(=O)[C@@]3(C)CC[C@@H]12. The van der Waals surface area contributed by atoms with Gasteiger partial charge in [0.15, 0.2) is 0 Å². The average molecular weight is 320 g/mol. The molecule has 0 aromatic carbocycles. The van der Waals surface area contributed by atoms with Crippen LogP contribution in [-0.2, 0) is 4.79 Å². The molecule has 0 bridgehead atoms. The number of fused-ring (bicyclic) bond motifs is 5. The molecule has 0 heterocycles. The molecule has 23 heavy (non-hydrogen) atoms. The van der Waals surface area contributed by atoms with Gasteiger partial charge < -0.3 is 15.3 Å². The lowest BCUT2D eigenvalue weighted by Gasteiger charge is -2.58. The molecule has 4 rings (SSSR count). The second-order valence-electron chi connectivity index (χ2n) is 8.86. The molecule has 128 valence electrons. The second-order valence-corrected chi connectivity index (χ2v) is 8.86. The van der Waals surface area contributed by atoms with E-state index in [4.69, 9.17) is 0 Å². The summed E-state index contributed by atoms with van der Waals surface area (Å²) in [6, 6.07) is 0. The van der Waals surface area contributed by atoms with Gasteiger partial charge in [0.1, 0.15) is 5.78 Å². The predicted molar refractivity (Wildman–Crippen MR) is 85.5 cm³/mol. The summed E-state index contributed by atoms with van der Waals surface area (Å²) in [4.78, 5) is 12.4. The standard InChI is InChI=1S/C19H28O4/c1-18-5-3-11(20)7-10(18)8-13(21)16-12(18)4-6-19(2)15(23)9-14(22)17(16)19/h8,11-14,16-17,20-22H,3-7,9H2,1-2H3/t11-,12-,13+,14-,16?,17?,18-,19+/m0/s1. The molecule has 0 aromatic heterocycles. The molecule has 0 saturated heterocycles. The Labute approximate surface area is 137 Å². The van der Waals surface area contributed by atoms with Crippen LogP contribution >= 0.6 is 0 Å². The number of Topliss-reactive ketones (excluding diaryl/α,β-unsaturated/α-hetero) is 1. The van der Waals surface area contributed by atoms with Crippen LogP contribution in [0, 0.1) is 28.6 Å². The first-order valence-corrected chi connectivity index (χ1v) is 9.06. The van der Waals surface area contributed by atoms with Gasteiger partial charge in [0.25, 0.3) is 0 Å². The van der Waals surface area contributed by atoms with Gasteiger partial charge in [-0.2, -0.15) is 0 Å². The van der Waals surface area contributed by atoms with Crippen molar-refractivity contribution >= 4 is 5.78 Å². The molecule has 2 unspecified atom stereocenters. The van der Waals surface area contributed by atoms with Crippen molar-refractivity contribution in [2.45, 2.75) is 70.7 Å². The minimum Gasteiger partial charge on any atom is -0.393 e. The highest BCUT2D eigenvalue weighted by molar-refractivity contribution is 5.88. The van der Waals surface area contributed by atoms with Crippen LogP contribution in [0.15, 0.2) is 11.6 Å². The van der Waals surface area contributed by atoms with E-state index in [9.17, 15) is 20.1 Å². The summed E-state index contributed by atoms with van der Waals surface area (Å²) in [5.41, 5.74) is 0.709. The van der Waals surface area contributed by atoms with Crippen LogP contribution in [0.5, 0.6) is 0 Å². The topological polar surface area (TPSA) is 77.8 Å². The zero-order valence-corrected chi connectivity index (χ0v) is 14.0. The Morgan fingerprint density at radius 1 is 1.04 bits per heavy atom. The van der Waals surface area contributed by atoms with Crippen LogP contribution in [0.1, 0.15) is 52.4 Å². The maximum absolute atomic E-state index is 12.4. The van der Waals surface area contributed by atoms with Crippen molar-refractivity contribution in [3.63, 3.8) is 0 Å². The Balaban J connectivity index is 1.77. The molecule has 8 atom stereocenters. The molecule has 0 aliphatic heterocycles. The Morgan fingerprint density at radius 3 is 2.48 bits per heavy atom. The first-order valence-electron chi connectivity index (χ1n) is 9.06. The second kappa shape index (κ2) is 4.90. The first kappa shape index (κ1) is 15.8. The molecule has 0 aromatic rings. The smallest absolute Gasteiger partial charge is 0.141 e. The third kappa shape index (κ3) is 1.98. The normalized spacial score (nSPS) is 55.7. The Kier molecular flexibility index (Phi) is 3.37. The third-order valence-electron chi connectivity index (χ3n) is 7.81. The number of aliphatic hydroxyl groups excluding tert-OH is 3. The fourth-order valence-corrected chi connectivity index (χ4v) is 6.46. The van der Waals surface area contributed by atoms with Crippen molar-refractivity contribution in [2.75, 3.05) is 0 Å². The Hall–Kier alpha value is -0.710. The maximum Gasteiger partial charge on any atom is 0.141 e. The van der Waals surface area contributed by atoms with E-state index in [-0.39, 0.29) is 35.6 Å². The molecule has 0 amide bonds. The zero-order valence-electron chi connectivity index (χ0n) is 14.0. The van der Waals surface area contributed by atoms with Crippen LogP contribution in [0.25, 0.3) is 0 Å². The molecule has 0 spiro atoms. The van der Waals surface area contributed by atoms with Crippen molar-refractivity contribution < 1.29 is 20.1 Å². The van der Waals surface area contributed by atoms with Crippen molar-refractivity contribution in [2.24, 2.45) is 28.6 Å². The number of ketones is 1. The third-order valence-corrected chi connectivity index (χ3v) is 7.81. The lowest BCUT2D eigenvalue weighted by atomic mass is 9.47. The van der Waals surface area contributed by atoms with Crippen LogP contribution < -0.4 is 0 Å². The number of hydrogen-bond donors (Lipinski definition) is 3. The summed E-state index contributed by atoms with van der Waals surface area (Å²) in [6.45, 7) is 4.26. The number of carbonyl (C=O) groups is 1. The lowest BCUT2D eigenvalue weighted by Crippen LogP contribution is -2.56.